The van der Waals surface area contributed by atoms with Gasteiger partial charge in [0.15, 0.2) is 5.79 Å². The smallest absolute Gasteiger partial charge is 0.339 e. The van der Waals surface area contributed by atoms with Crippen LogP contribution in [0.15, 0.2) is 30.1 Å². The van der Waals surface area contributed by atoms with Crippen LogP contribution in [-0.4, -0.2) is 61.9 Å². The number of fused-ring (bicyclic) bond motifs is 2. The first kappa shape index (κ1) is 26.1. The molecule has 1 N–H and O–H groups in total. The summed E-state index contributed by atoms with van der Waals surface area (Å²) in [7, 11) is 2.00. The van der Waals surface area contributed by atoms with Crippen LogP contribution in [0.2, 0.25) is 0 Å². The predicted octanol–water partition coefficient (Wildman–Crippen LogP) is 3.31. The lowest BCUT2D eigenvalue weighted by Crippen LogP contribution is -2.36. The summed E-state index contributed by atoms with van der Waals surface area (Å²) >= 11 is 0. The van der Waals surface area contributed by atoms with Crippen LogP contribution in [0.3, 0.4) is 0 Å². The Morgan fingerprint density at radius 1 is 1.26 bits per heavy atom. The van der Waals surface area contributed by atoms with E-state index < -0.39 is 47.9 Å². The number of cyclic esters (lactones) is 1. The second-order valence-electron chi connectivity index (χ2n) is 9.52. The number of ether oxygens (including phenoxy) is 3. The highest BCUT2D eigenvalue weighted by Crippen LogP contribution is 2.35. The van der Waals surface area contributed by atoms with E-state index >= 15 is 0 Å². The molecule has 2 heterocycles. The quantitative estimate of drug-likeness (QED) is 0.410. The number of esters is 1. The van der Waals surface area contributed by atoms with Gasteiger partial charge < -0.3 is 28.9 Å². The number of benzene rings is 1. The second-order valence-corrected chi connectivity index (χ2v) is 9.52. The minimum Gasteiger partial charge on any atom is -0.458 e. The van der Waals surface area contributed by atoms with E-state index in [1.165, 1.54) is 6.08 Å². The first-order chi connectivity index (χ1) is 15.9. The Labute approximate surface area is 200 Å². The fraction of sp³-hybridized carbons (Fsp3) is 0.520. The monoisotopic (exact) mass is 473 g/mol. The van der Waals surface area contributed by atoms with E-state index in [9.17, 15) is 19.1 Å². The molecule has 0 radical (unpaired) electrons. The number of halogens is 1. The standard InChI is InChI=1S/C25H33BFNO6/c1-14-11-19(27)22(30)23-20(33-25(4,5)34-23)9-7-8-17-12-18(28(6)26-13-29)10-15(2)21(17)24(31)32-16(14)3/h7-8,10-14,16,20,22-23,26,30H,9H2,1-6H3/b8-7+,19-11+/t14-,16+,20+,22-,23+/m1/s1. The molecular formula is C25H33BFNO6. The van der Waals surface area contributed by atoms with Crippen molar-refractivity contribution in [3.05, 3.63) is 46.8 Å². The summed E-state index contributed by atoms with van der Waals surface area (Å²) in [5, 5.41) is 10.7. The third kappa shape index (κ3) is 5.77. The van der Waals surface area contributed by atoms with Crippen LogP contribution in [0.1, 0.15) is 55.6 Å². The first-order valence-corrected chi connectivity index (χ1v) is 11.5. The highest BCUT2D eigenvalue weighted by molar-refractivity contribution is 6.70. The Kier molecular flexibility index (Phi) is 8.00. The molecule has 0 aromatic heterocycles. The normalized spacial score (nSPS) is 31.7. The van der Waals surface area contributed by atoms with Crippen molar-refractivity contribution in [2.75, 3.05) is 11.9 Å². The second kappa shape index (κ2) is 10.4. The fourth-order valence-corrected chi connectivity index (χ4v) is 4.26. The number of anilines is 1. The van der Waals surface area contributed by atoms with Gasteiger partial charge in [-0.1, -0.05) is 19.1 Å². The maximum Gasteiger partial charge on any atom is 0.339 e. The van der Waals surface area contributed by atoms with Crippen LogP contribution in [0.5, 0.6) is 0 Å². The molecule has 1 aromatic rings. The summed E-state index contributed by atoms with van der Waals surface area (Å²) in [5.74, 6) is -2.73. The zero-order valence-electron chi connectivity index (χ0n) is 20.6. The van der Waals surface area contributed by atoms with Crippen LogP contribution in [0, 0.1) is 12.8 Å². The number of aryl methyl sites for hydroxylation is 1. The molecule has 7 nitrogen and oxygen atoms in total. The van der Waals surface area contributed by atoms with Crippen LogP contribution >= 0.6 is 0 Å². The molecule has 184 valence electrons. The number of aliphatic hydroxyl groups is 1. The molecular weight excluding hydrogens is 440 g/mol. The summed E-state index contributed by atoms with van der Waals surface area (Å²) in [6.45, 7) is 8.65. The lowest BCUT2D eigenvalue weighted by molar-refractivity contribution is -0.153. The van der Waals surface area contributed by atoms with Crippen LogP contribution in [0.4, 0.5) is 10.1 Å². The van der Waals surface area contributed by atoms with E-state index in [0.29, 0.717) is 23.1 Å². The maximum atomic E-state index is 14.9. The summed E-state index contributed by atoms with van der Waals surface area (Å²) < 4.78 is 32.4. The topological polar surface area (TPSA) is 85.3 Å². The molecule has 3 rings (SSSR count). The van der Waals surface area contributed by atoms with Crippen molar-refractivity contribution >= 4 is 31.3 Å². The average Bonchev–Trinajstić information content (AvgIpc) is 3.06. The van der Waals surface area contributed by atoms with E-state index in [4.69, 9.17) is 14.2 Å². The molecule has 1 fully saturated rings. The lowest BCUT2D eigenvalue weighted by Gasteiger charge is -2.24. The number of aliphatic hydroxyl groups excluding tert-OH is 1. The van der Waals surface area contributed by atoms with Gasteiger partial charge in [-0.05, 0) is 70.5 Å². The van der Waals surface area contributed by atoms with Crippen molar-refractivity contribution in [2.24, 2.45) is 5.92 Å². The average molecular weight is 473 g/mol. The lowest BCUT2D eigenvalue weighted by atomic mass is 9.92. The van der Waals surface area contributed by atoms with Crippen molar-refractivity contribution in [1.29, 1.82) is 0 Å². The Hall–Kier alpha value is -2.49. The van der Waals surface area contributed by atoms with Gasteiger partial charge in [0.25, 0.3) is 0 Å². The summed E-state index contributed by atoms with van der Waals surface area (Å²) in [6.07, 6.45) is 2.36. The van der Waals surface area contributed by atoms with Gasteiger partial charge in [0, 0.05) is 11.6 Å². The molecule has 9 heteroatoms. The van der Waals surface area contributed by atoms with Crippen LogP contribution in [0.25, 0.3) is 6.08 Å². The third-order valence-electron chi connectivity index (χ3n) is 6.28. The fourth-order valence-electron chi connectivity index (χ4n) is 4.26. The van der Waals surface area contributed by atoms with Crippen LogP contribution in [-0.2, 0) is 19.0 Å². The number of carbonyl (C=O) groups is 2. The minimum atomic E-state index is -1.51. The number of hydrogen-bond donors (Lipinski definition) is 1. The van der Waals surface area contributed by atoms with E-state index in [2.05, 4.69) is 0 Å². The van der Waals surface area contributed by atoms with Gasteiger partial charge in [-0.25, -0.2) is 9.18 Å². The van der Waals surface area contributed by atoms with E-state index in [1.54, 1.807) is 45.6 Å². The van der Waals surface area contributed by atoms with Crippen molar-refractivity contribution in [2.45, 2.75) is 71.2 Å². The molecule has 0 bridgehead atoms. The SMILES string of the molecule is Cc1cc(N(C)BC=O)cc2c1C(=O)O[C@@H](C)[C@H](C)/C=C(/F)[C@@H](O)[C@H]1OC(C)(C)O[C@H]1C/C=C/2. The Bertz CT molecular complexity index is 994. The van der Waals surface area contributed by atoms with Gasteiger partial charge in [-0.2, -0.15) is 0 Å². The zero-order chi connectivity index (χ0) is 25.2. The predicted molar refractivity (Wildman–Crippen MR) is 130 cm³/mol. The minimum absolute atomic E-state index is 0.209. The summed E-state index contributed by atoms with van der Waals surface area (Å²) in [4.78, 5) is 25.9. The van der Waals surface area contributed by atoms with Gasteiger partial charge in [0.1, 0.15) is 30.3 Å². The molecule has 2 aliphatic rings. The molecule has 0 amide bonds. The molecule has 1 aromatic carbocycles. The Morgan fingerprint density at radius 2 is 1.97 bits per heavy atom. The number of nitrogens with zero attached hydrogens (tertiary/aromatic N) is 1. The van der Waals surface area contributed by atoms with Gasteiger partial charge in [0.2, 0.25) is 0 Å². The molecule has 0 aliphatic carbocycles. The highest BCUT2D eigenvalue weighted by Gasteiger charge is 2.45. The van der Waals surface area contributed by atoms with Gasteiger partial charge >= 0.3 is 13.4 Å². The van der Waals surface area contributed by atoms with Crippen molar-refractivity contribution in [3.63, 3.8) is 0 Å². The highest BCUT2D eigenvalue weighted by atomic mass is 19.1. The third-order valence-corrected chi connectivity index (χ3v) is 6.28. The van der Waals surface area contributed by atoms with Gasteiger partial charge in [-0.15, -0.1) is 0 Å². The number of rotatable bonds is 3. The summed E-state index contributed by atoms with van der Waals surface area (Å²) in [5.41, 5.74) is 2.51. The molecule has 34 heavy (non-hydrogen) atoms. The summed E-state index contributed by atoms with van der Waals surface area (Å²) in [6, 6.07) is 3.66. The number of carbonyl (C=O) groups excluding carboxylic acids is 2. The molecule has 0 spiro atoms. The van der Waals surface area contributed by atoms with Gasteiger partial charge in [0.05, 0.1) is 11.7 Å². The van der Waals surface area contributed by atoms with E-state index in [0.717, 1.165) is 11.9 Å². The van der Waals surface area contributed by atoms with E-state index in [-0.39, 0.29) is 7.41 Å². The Balaban J connectivity index is 2.08. The molecule has 2 aliphatic heterocycles. The van der Waals surface area contributed by atoms with Crippen molar-refractivity contribution in [3.8, 4) is 0 Å². The van der Waals surface area contributed by atoms with Gasteiger partial charge in [-0.3, -0.25) is 0 Å². The zero-order valence-corrected chi connectivity index (χ0v) is 20.6. The molecule has 0 unspecified atom stereocenters. The maximum absolute atomic E-state index is 14.9. The largest absolute Gasteiger partial charge is 0.458 e. The molecule has 1 saturated heterocycles. The Morgan fingerprint density at radius 3 is 2.65 bits per heavy atom. The van der Waals surface area contributed by atoms with Crippen molar-refractivity contribution in [1.82, 2.24) is 0 Å². The number of hydrogen-bond acceptors (Lipinski definition) is 7. The van der Waals surface area contributed by atoms with Crippen LogP contribution < -0.4 is 4.81 Å². The van der Waals surface area contributed by atoms with E-state index in [1.807, 2.05) is 25.1 Å². The molecule has 5 atom stereocenters. The van der Waals surface area contributed by atoms with Crippen molar-refractivity contribution < 1.29 is 33.3 Å². The molecule has 0 saturated carbocycles. The first-order valence-electron chi connectivity index (χ1n) is 11.5.